The van der Waals surface area contributed by atoms with Crippen molar-refractivity contribution in [1.29, 1.82) is 0 Å². The molecule has 0 aliphatic rings. The zero-order valence-electron chi connectivity index (χ0n) is 11.7. The van der Waals surface area contributed by atoms with Gasteiger partial charge in [-0.1, -0.05) is 41.5 Å². The van der Waals surface area contributed by atoms with Crippen molar-refractivity contribution in [2.75, 3.05) is 6.54 Å². The summed E-state index contributed by atoms with van der Waals surface area (Å²) < 4.78 is 0. The molecule has 0 saturated carbocycles. The van der Waals surface area contributed by atoms with Crippen LogP contribution >= 0.6 is 0 Å². The fourth-order valence-electron chi connectivity index (χ4n) is 1.81. The first kappa shape index (κ1) is 15.9. The van der Waals surface area contributed by atoms with Crippen molar-refractivity contribution in [3.8, 4) is 0 Å². The molecule has 0 bridgehead atoms. The number of rotatable bonds is 6. The molecule has 16 heavy (non-hydrogen) atoms. The smallest absolute Gasteiger partial charge is 0.0718 e. The standard InChI is InChI=1S/C13H29NO2/c1-7-13(16,12(4,5)6)8-11(15)9-14-10(2)3/h10-11,14-16H,7-9H2,1-6H3/t11-,13-/m0/s1. The predicted octanol–water partition coefficient (Wildman–Crippen LogP) is 1.92. The van der Waals surface area contributed by atoms with E-state index in [2.05, 4.69) is 5.32 Å². The van der Waals surface area contributed by atoms with Crippen LogP contribution in [0.25, 0.3) is 0 Å². The second kappa shape index (κ2) is 5.99. The average molecular weight is 231 g/mol. The second-order valence-electron chi connectivity index (χ2n) is 6.06. The highest BCUT2D eigenvalue weighted by molar-refractivity contribution is 4.91. The van der Waals surface area contributed by atoms with Crippen LogP contribution in [0.2, 0.25) is 0 Å². The van der Waals surface area contributed by atoms with Crippen molar-refractivity contribution >= 4 is 0 Å². The normalized spacial score (nSPS) is 18.6. The summed E-state index contributed by atoms with van der Waals surface area (Å²) >= 11 is 0. The summed E-state index contributed by atoms with van der Waals surface area (Å²) in [4.78, 5) is 0. The number of aliphatic hydroxyl groups excluding tert-OH is 1. The molecule has 0 rings (SSSR count). The van der Waals surface area contributed by atoms with E-state index < -0.39 is 11.7 Å². The average Bonchev–Trinajstić information content (AvgIpc) is 2.12. The maximum atomic E-state index is 10.5. The van der Waals surface area contributed by atoms with Gasteiger partial charge in [-0.15, -0.1) is 0 Å². The van der Waals surface area contributed by atoms with Gasteiger partial charge in [-0.05, 0) is 11.8 Å². The maximum Gasteiger partial charge on any atom is 0.0718 e. The Morgan fingerprint density at radius 3 is 2.00 bits per heavy atom. The Labute approximate surface area is 100 Å². The molecule has 0 radical (unpaired) electrons. The van der Waals surface area contributed by atoms with Gasteiger partial charge in [-0.2, -0.15) is 0 Å². The van der Waals surface area contributed by atoms with Crippen LogP contribution in [0.15, 0.2) is 0 Å². The van der Waals surface area contributed by atoms with Crippen molar-refractivity contribution in [3.63, 3.8) is 0 Å². The second-order valence-corrected chi connectivity index (χ2v) is 6.06. The third-order valence-electron chi connectivity index (χ3n) is 3.32. The summed E-state index contributed by atoms with van der Waals surface area (Å²) in [5.74, 6) is 0. The molecule has 3 N–H and O–H groups in total. The zero-order chi connectivity index (χ0) is 13.0. The molecule has 0 aliphatic heterocycles. The molecule has 0 aliphatic carbocycles. The molecular weight excluding hydrogens is 202 g/mol. The minimum absolute atomic E-state index is 0.208. The van der Waals surface area contributed by atoms with Gasteiger partial charge in [0.25, 0.3) is 0 Å². The van der Waals surface area contributed by atoms with E-state index in [1.807, 2.05) is 41.5 Å². The van der Waals surface area contributed by atoms with E-state index in [0.29, 0.717) is 25.4 Å². The van der Waals surface area contributed by atoms with Gasteiger partial charge in [0.2, 0.25) is 0 Å². The fourth-order valence-corrected chi connectivity index (χ4v) is 1.81. The lowest BCUT2D eigenvalue weighted by molar-refractivity contribution is -0.0910. The first-order chi connectivity index (χ1) is 7.12. The van der Waals surface area contributed by atoms with E-state index in [0.717, 1.165) is 0 Å². The molecule has 0 fully saturated rings. The molecular formula is C13H29NO2. The van der Waals surface area contributed by atoms with Gasteiger partial charge >= 0.3 is 0 Å². The Balaban J connectivity index is 4.32. The van der Waals surface area contributed by atoms with Crippen molar-refractivity contribution in [2.45, 2.75) is 72.1 Å². The molecule has 0 aromatic heterocycles. The summed E-state index contributed by atoms with van der Waals surface area (Å²) in [6.07, 6.45) is 0.591. The first-order valence-electron chi connectivity index (χ1n) is 6.26. The number of nitrogens with one attached hydrogen (secondary N) is 1. The molecule has 0 unspecified atom stereocenters. The molecule has 0 heterocycles. The third-order valence-corrected chi connectivity index (χ3v) is 3.32. The number of hydrogen-bond acceptors (Lipinski definition) is 3. The van der Waals surface area contributed by atoms with Gasteiger partial charge in [0, 0.05) is 19.0 Å². The van der Waals surface area contributed by atoms with Crippen LogP contribution in [0.3, 0.4) is 0 Å². The Morgan fingerprint density at radius 1 is 1.19 bits per heavy atom. The van der Waals surface area contributed by atoms with Crippen molar-refractivity contribution in [1.82, 2.24) is 5.32 Å². The van der Waals surface area contributed by atoms with Crippen LogP contribution in [0.1, 0.15) is 54.4 Å². The summed E-state index contributed by atoms with van der Waals surface area (Å²) in [6, 6.07) is 0.360. The van der Waals surface area contributed by atoms with E-state index >= 15 is 0 Å². The van der Waals surface area contributed by atoms with Crippen LogP contribution in [0.4, 0.5) is 0 Å². The van der Waals surface area contributed by atoms with Gasteiger partial charge in [-0.3, -0.25) is 0 Å². The first-order valence-corrected chi connectivity index (χ1v) is 6.26. The largest absolute Gasteiger partial charge is 0.392 e. The minimum atomic E-state index is -0.801. The zero-order valence-corrected chi connectivity index (χ0v) is 11.7. The van der Waals surface area contributed by atoms with Crippen LogP contribution < -0.4 is 5.32 Å². The molecule has 3 nitrogen and oxygen atoms in total. The predicted molar refractivity (Wildman–Crippen MR) is 68.5 cm³/mol. The quantitative estimate of drug-likeness (QED) is 0.654. The van der Waals surface area contributed by atoms with Crippen molar-refractivity contribution in [3.05, 3.63) is 0 Å². The van der Waals surface area contributed by atoms with Gasteiger partial charge < -0.3 is 15.5 Å². The van der Waals surface area contributed by atoms with E-state index in [1.165, 1.54) is 0 Å². The lowest BCUT2D eigenvalue weighted by Crippen LogP contribution is -2.47. The molecule has 0 saturated heterocycles. The highest BCUT2D eigenvalue weighted by atomic mass is 16.3. The number of hydrogen-bond donors (Lipinski definition) is 3. The van der Waals surface area contributed by atoms with E-state index in [1.54, 1.807) is 0 Å². The van der Waals surface area contributed by atoms with Crippen LogP contribution in [0.5, 0.6) is 0 Å². The van der Waals surface area contributed by atoms with Gasteiger partial charge in [-0.25, -0.2) is 0 Å². The lowest BCUT2D eigenvalue weighted by atomic mass is 9.72. The van der Waals surface area contributed by atoms with Crippen LogP contribution in [-0.4, -0.2) is 34.5 Å². The summed E-state index contributed by atoms with van der Waals surface area (Å²) in [6.45, 7) is 12.6. The molecule has 0 spiro atoms. The van der Waals surface area contributed by atoms with Crippen LogP contribution in [-0.2, 0) is 0 Å². The highest BCUT2D eigenvalue weighted by Gasteiger charge is 2.39. The Kier molecular flexibility index (Phi) is 5.94. The van der Waals surface area contributed by atoms with E-state index in [-0.39, 0.29) is 5.41 Å². The highest BCUT2D eigenvalue weighted by Crippen LogP contribution is 2.36. The summed E-state index contributed by atoms with van der Waals surface area (Å²) in [5, 5.41) is 23.6. The van der Waals surface area contributed by atoms with Gasteiger partial charge in [0.1, 0.15) is 0 Å². The number of aliphatic hydroxyl groups is 2. The van der Waals surface area contributed by atoms with Crippen molar-refractivity contribution < 1.29 is 10.2 Å². The Bertz CT molecular complexity index is 199. The molecule has 0 aromatic rings. The van der Waals surface area contributed by atoms with Gasteiger partial charge in [0.15, 0.2) is 0 Å². The molecule has 0 amide bonds. The van der Waals surface area contributed by atoms with E-state index in [4.69, 9.17) is 0 Å². The van der Waals surface area contributed by atoms with E-state index in [9.17, 15) is 10.2 Å². The topological polar surface area (TPSA) is 52.5 Å². The SMILES string of the molecule is CC[C@](O)(C[C@H](O)CNC(C)C)C(C)(C)C. The summed E-state index contributed by atoms with van der Waals surface area (Å²) in [7, 11) is 0. The molecule has 0 aromatic carbocycles. The Morgan fingerprint density at radius 2 is 1.69 bits per heavy atom. The maximum absolute atomic E-state index is 10.5. The molecule has 2 atom stereocenters. The van der Waals surface area contributed by atoms with Gasteiger partial charge in [0.05, 0.1) is 11.7 Å². The lowest BCUT2D eigenvalue weighted by Gasteiger charge is -2.41. The minimum Gasteiger partial charge on any atom is -0.392 e. The third kappa shape index (κ3) is 4.81. The molecule has 3 heteroatoms. The monoisotopic (exact) mass is 231 g/mol. The van der Waals surface area contributed by atoms with Crippen molar-refractivity contribution in [2.24, 2.45) is 5.41 Å². The van der Waals surface area contributed by atoms with Crippen LogP contribution in [0, 0.1) is 5.41 Å². The Hall–Kier alpha value is -0.120. The molecule has 98 valence electrons. The summed E-state index contributed by atoms with van der Waals surface area (Å²) in [5.41, 5.74) is -1.01. The fraction of sp³-hybridized carbons (Fsp3) is 1.00.